The van der Waals surface area contributed by atoms with Crippen LogP contribution in [0.15, 0.2) is 58.2 Å². The van der Waals surface area contributed by atoms with Crippen LogP contribution in [-0.4, -0.2) is 40.9 Å². The molecule has 0 N–H and O–H groups in total. The summed E-state index contributed by atoms with van der Waals surface area (Å²) >= 11 is 0. The lowest BCUT2D eigenvalue weighted by atomic mass is 10.2. The van der Waals surface area contributed by atoms with Crippen molar-refractivity contribution in [2.24, 2.45) is 0 Å². The van der Waals surface area contributed by atoms with Gasteiger partial charge in [0, 0.05) is 36.6 Å². The van der Waals surface area contributed by atoms with Crippen LogP contribution in [-0.2, 0) is 10.0 Å². The Balaban J connectivity index is 1.56. The molecular weight excluding hydrogens is 364 g/mol. The molecule has 1 aliphatic rings. The highest BCUT2D eigenvalue weighted by Gasteiger charge is 2.25. The summed E-state index contributed by atoms with van der Waals surface area (Å²) in [7, 11) is -3.46. The van der Waals surface area contributed by atoms with Crippen LogP contribution < -0.4 is 0 Å². The lowest BCUT2D eigenvalue weighted by molar-refractivity contribution is 0.423. The summed E-state index contributed by atoms with van der Waals surface area (Å²) in [6.07, 6.45) is 7.32. The molecular formula is C19H20N4O3S. The first-order valence-electron chi connectivity index (χ1n) is 8.99. The fourth-order valence-electron chi connectivity index (χ4n) is 3.16. The average Bonchev–Trinajstić information content (AvgIpc) is 3.03. The molecule has 1 saturated heterocycles. The quantitative estimate of drug-likeness (QED) is 0.685. The summed E-state index contributed by atoms with van der Waals surface area (Å²) < 4.78 is 32.6. The molecule has 0 amide bonds. The van der Waals surface area contributed by atoms with Gasteiger partial charge < -0.3 is 4.52 Å². The first-order valence-corrected chi connectivity index (χ1v) is 10.4. The molecule has 4 rings (SSSR count). The summed E-state index contributed by atoms with van der Waals surface area (Å²) in [5, 5.41) is 3.98. The molecule has 3 heterocycles. The highest BCUT2D eigenvalue weighted by molar-refractivity contribution is 7.89. The van der Waals surface area contributed by atoms with Crippen molar-refractivity contribution in [1.29, 1.82) is 0 Å². The van der Waals surface area contributed by atoms with Crippen molar-refractivity contribution in [3.63, 3.8) is 0 Å². The van der Waals surface area contributed by atoms with Crippen LogP contribution in [0.3, 0.4) is 0 Å². The van der Waals surface area contributed by atoms with Gasteiger partial charge in [-0.15, -0.1) is 0 Å². The van der Waals surface area contributed by atoms with Gasteiger partial charge in [0.05, 0.1) is 4.90 Å². The minimum absolute atomic E-state index is 0.294. The second kappa shape index (κ2) is 7.58. The number of rotatable bonds is 4. The maximum Gasteiger partial charge on any atom is 0.258 e. The normalized spacial score (nSPS) is 16.1. The summed E-state index contributed by atoms with van der Waals surface area (Å²) in [6.45, 7) is 1.17. The Bertz CT molecular complexity index is 993. The molecule has 2 aromatic heterocycles. The van der Waals surface area contributed by atoms with E-state index >= 15 is 0 Å². The van der Waals surface area contributed by atoms with Gasteiger partial charge in [-0.05, 0) is 49.2 Å². The largest absolute Gasteiger partial charge is 0.334 e. The Labute approximate surface area is 158 Å². The molecule has 7 nitrogen and oxygen atoms in total. The van der Waals surface area contributed by atoms with E-state index in [-0.39, 0.29) is 0 Å². The van der Waals surface area contributed by atoms with Crippen molar-refractivity contribution >= 4 is 10.0 Å². The van der Waals surface area contributed by atoms with Crippen LogP contribution >= 0.6 is 0 Å². The van der Waals surface area contributed by atoms with E-state index in [1.54, 1.807) is 53.1 Å². The lowest BCUT2D eigenvalue weighted by Crippen LogP contribution is -2.31. The zero-order valence-corrected chi connectivity index (χ0v) is 15.6. The van der Waals surface area contributed by atoms with E-state index in [9.17, 15) is 8.42 Å². The van der Waals surface area contributed by atoms with Gasteiger partial charge in [0.1, 0.15) is 0 Å². The van der Waals surface area contributed by atoms with E-state index in [1.165, 1.54) is 0 Å². The van der Waals surface area contributed by atoms with Gasteiger partial charge in [-0.3, -0.25) is 4.98 Å². The Morgan fingerprint density at radius 2 is 1.52 bits per heavy atom. The van der Waals surface area contributed by atoms with E-state index < -0.39 is 10.0 Å². The van der Waals surface area contributed by atoms with E-state index in [0.29, 0.717) is 35.3 Å². The number of hydrogen-bond acceptors (Lipinski definition) is 6. The molecule has 1 fully saturated rings. The molecule has 0 unspecified atom stereocenters. The van der Waals surface area contributed by atoms with Gasteiger partial charge in [-0.25, -0.2) is 8.42 Å². The number of sulfonamides is 1. The summed E-state index contributed by atoms with van der Waals surface area (Å²) in [5.41, 5.74) is 1.48. The number of aromatic nitrogens is 3. The predicted molar refractivity (Wildman–Crippen MR) is 100 cm³/mol. The minimum Gasteiger partial charge on any atom is -0.334 e. The molecule has 0 aliphatic carbocycles. The van der Waals surface area contributed by atoms with Crippen molar-refractivity contribution in [1.82, 2.24) is 19.4 Å². The number of nitrogens with zero attached hydrogens (tertiary/aromatic N) is 4. The molecule has 0 saturated carbocycles. The van der Waals surface area contributed by atoms with Gasteiger partial charge in [-0.2, -0.15) is 9.29 Å². The van der Waals surface area contributed by atoms with E-state index in [0.717, 1.165) is 31.2 Å². The molecule has 0 atom stereocenters. The van der Waals surface area contributed by atoms with Crippen molar-refractivity contribution in [2.75, 3.05) is 13.1 Å². The van der Waals surface area contributed by atoms with Gasteiger partial charge in [0.15, 0.2) is 0 Å². The monoisotopic (exact) mass is 384 g/mol. The van der Waals surface area contributed by atoms with E-state index in [1.807, 2.05) is 0 Å². The number of hydrogen-bond donors (Lipinski definition) is 0. The topological polar surface area (TPSA) is 89.2 Å². The second-order valence-corrected chi connectivity index (χ2v) is 8.44. The first-order chi connectivity index (χ1) is 13.1. The highest BCUT2D eigenvalue weighted by atomic mass is 32.2. The van der Waals surface area contributed by atoms with Crippen LogP contribution in [0.25, 0.3) is 22.8 Å². The molecule has 3 aromatic rings. The smallest absolute Gasteiger partial charge is 0.258 e. The zero-order chi connectivity index (χ0) is 18.7. The molecule has 8 heteroatoms. The standard InChI is InChI=1S/C19H20N4O3S/c24-27(25,23-13-3-1-2-4-14-23)17-7-5-16(6-8-17)19-21-18(22-26-19)15-9-11-20-12-10-15/h5-12H,1-4,13-14H2. The van der Waals surface area contributed by atoms with Crippen LogP contribution in [0.2, 0.25) is 0 Å². The molecule has 140 valence electrons. The Kier molecular flexibility index (Phi) is 5.00. The fraction of sp³-hybridized carbons (Fsp3) is 0.316. The highest BCUT2D eigenvalue weighted by Crippen LogP contribution is 2.25. The fourth-order valence-corrected chi connectivity index (χ4v) is 4.68. The van der Waals surface area contributed by atoms with E-state index in [4.69, 9.17) is 4.52 Å². The average molecular weight is 384 g/mol. The maximum atomic E-state index is 12.8. The third-order valence-electron chi connectivity index (χ3n) is 4.67. The maximum absolute atomic E-state index is 12.8. The van der Waals surface area contributed by atoms with Gasteiger partial charge >= 0.3 is 0 Å². The van der Waals surface area contributed by atoms with Gasteiger partial charge in [0.25, 0.3) is 5.89 Å². The molecule has 27 heavy (non-hydrogen) atoms. The summed E-state index contributed by atoms with van der Waals surface area (Å²) in [5.74, 6) is 0.814. The first kappa shape index (κ1) is 17.8. The molecule has 1 aromatic carbocycles. The minimum atomic E-state index is -3.46. The van der Waals surface area contributed by atoms with E-state index in [2.05, 4.69) is 15.1 Å². The Morgan fingerprint density at radius 3 is 2.19 bits per heavy atom. The molecule has 0 spiro atoms. The Morgan fingerprint density at radius 1 is 0.852 bits per heavy atom. The van der Waals surface area contributed by atoms with Crippen molar-refractivity contribution in [3.8, 4) is 22.8 Å². The third-order valence-corrected chi connectivity index (χ3v) is 6.58. The van der Waals surface area contributed by atoms with Gasteiger partial charge in [0.2, 0.25) is 15.8 Å². The molecule has 0 bridgehead atoms. The van der Waals surface area contributed by atoms with Crippen LogP contribution in [0.5, 0.6) is 0 Å². The van der Waals surface area contributed by atoms with Gasteiger partial charge in [-0.1, -0.05) is 18.0 Å². The third kappa shape index (κ3) is 3.77. The van der Waals surface area contributed by atoms with Crippen LogP contribution in [0, 0.1) is 0 Å². The van der Waals surface area contributed by atoms with Crippen molar-refractivity contribution < 1.29 is 12.9 Å². The molecule has 1 aliphatic heterocycles. The zero-order valence-electron chi connectivity index (χ0n) is 14.8. The van der Waals surface area contributed by atoms with Crippen molar-refractivity contribution in [3.05, 3.63) is 48.8 Å². The van der Waals surface area contributed by atoms with Crippen LogP contribution in [0.4, 0.5) is 0 Å². The predicted octanol–water partition coefficient (Wildman–Crippen LogP) is 3.36. The SMILES string of the molecule is O=S(=O)(c1ccc(-c2nc(-c3ccncc3)no2)cc1)N1CCCCCC1. The second-order valence-electron chi connectivity index (χ2n) is 6.50. The number of benzene rings is 1. The number of pyridine rings is 1. The Hall–Kier alpha value is -2.58. The molecule has 0 radical (unpaired) electrons. The van der Waals surface area contributed by atoms with Crippen LogP contribution in [0.1, 0.15) is 25.7 Å². The lowest BCUT2D eigenvalue weighted by Gasteiger charge is -2.19. The summed E-state index contributed by atoms with van der Waals surface area (Å²) in [6, 6.07) is 10.2. The van der Waals surface area contributed by atoms with Crippen molar-refractivity contribution in [2.45, 2.75) is 30.6 Å². The summed E-state index contributed by atoms with van der Waals surface area (Å²) in [4.78, 5) is 8.64.